The molecule has 0 aromatic carbocycles. The normalized spacial score (nSPS) is 14.5. The van der Waals surface area contributed by atoms with Crippen LogP contribution in [-0.4, -0.2) is 11.6 Å². The van der Waals surface area contributed by atoms with Gasteiger partial charge in [0.2, 0.25) is 0 Å². The Hall–Kier alpha value is -1.05. The molecule has 0 radical (unpaired) electrons. The first-order chi connectivity index (χ1) is 5.58. The maximum Gasteiger partial charge on any atom is 0.330 e. The largest absolute Gasteiger partial charge is 0.456 e. The first-order valence-electron chi connectivity index (χ1n) is 4.04. The van der Waals surface area contributed by atoms with Crippen LogP contribution in [0.5, 0.6) is 0 Å². The zero-order valence-corrected chi connectivity index (χ0v) is 7.80. The summed E-state index contributed by atoms with van der Waals surface area (Å²) in [6, 6.07) is 0. The Bertz CT molecular complexity index is 184. The smallest absolute Gasteiger partial charge is 0.330 e. The first-order valence-corrected chi connectivity index (χ1v) is 4.04. The second-order valence-electron chi connectivity index (χ2n) is 2.92. The van der Waals surface area contributed by atoms with E-state index in [1.165, 1.54) is 6.08 Å². The molecule has 1 atom stereocenters. The van der Waals surface area contributed by atoms with E-state index in [2.05, 4.69) is 13.2 Å². The van der Waals surface area contributed by atoms with Gasteiger partial charge < -0.3 is 4.74 Å². The van der Waals surface area contributed by atoms with Crippen molar-refractivity contribution >= 4 is 5.97 Å². The van der Waals surface area contributed by atoms with E-state index in [0.717, 1.165) is 6.42 Å². The predicted octanol–water partition coefficient (Wildman–Crippen LogP) is 2.46. The predicted molar refractivity (Wildman–Crippen MR) is 49.8 cm³/mol. The third-order valence-electron chi connectivity index (χ3n) is 1.84. The summed E-state index contributed by atoms with van der Waals surface area (Å²) >= 11 is 0. The number of carbonyl (C=O) groups is 1. The van der Waals surface area contributed by atoms with Crippen LogP contribution in [0.3, 0.4) is 0 Å². The van der Waals surface area contributed by atoms with Gasteiger partial charge in [-0.3, -0.25) is 0 Å². The van der Waals surface area contributed by atoms with Gasteiger partial charge in [0.05, 0.1) is 0 Å². The van der Waals surface area contributed by atoms with Gasteiger partial charge in [-0.1, -0.05) is 19.6 Å². The van der Waals surface area contributed by atoms with Crippen LogP contribution in [0.15, 0.2) is 25.3 Å². The summed E-state index contributed by atoms with van der Waals surface area (Å²) in [6.45, 7) is 10.8. The summed E-state index contributed by atoms with van der Waals surface area (Å²) in [5.41, 5.74) is -0.424. The maximum absolute atomic E-state index is 10.9. The molecule has 12 heavy (non-hydrogen) atoms. The van der Waals surface area contributed by atoms with Crippen molar-refractivity contribution in [2.24, 2.45) is 0 Å². The maximum atomic E-state index is 10.9. The van der Waals surface area contributed by atoms with Gasteiger partial charge in [0.1, 0.15) is 5.60 Å². The van der Waals surface area contributed by atoms with E-state index in [4.69, 9.17) is 4.74 Å². The second-order valence-corrected chi connectivity index (χ2v) is 2.92. The summed E-state index contributed by atoms with van der Waals surface area (Å²) in [6.07, 6.45) is 4.37. The van der Waals surface area contributed by atoms with E-state index in [9.17, 15) is 4.79 Å². The quantitative estimate of drug-likeness (QED) is 0.358. The highest BCUT2D eigenvalue weighted by molar-refractivity contribution is 5.81. The van der Waals surface area contributed by atoms with Crippen molar-refractivity contribution in [3.8, 4) is 0 Å². The van der Waals surface area contributed by atoms with Gasteiger partial charge in [-0.05, 0) is 13.3 Å². The van der Waals surface area contributed by atoms with E-state index in [1.54, 1.807) is 6.08 Å². The molecule has 0 rings (SSSR count). The molecule has 0 amide bonds. The van der Waals surface area contributed by atoms with Crippen molar-refractivity contribution in [1.29, 1.82) is 0 Å². The molecule has 0 saturated heterocycles. The Morgan fingerprint density at radius 2 is 2.17 bits per heavy atom. The minimum Gasteiger partial charge on any atom is -0.456 e. The Kier molecular flexibility index (Phi) is 4.34. The summed E-state index contributed by atoms with van der Waals surface area (Å²) in [5, 5.41) is 0. The lowest BCUT2D eigenvalue weighted by molar-refractivity contribution is -0.151. The highest BCUT2D eigenvalue weighted by atomic mass is 16.6. The monoisotopic (exact) mass is 168 g/mol. The van der Waals surface area contributed by atoms with Crippen LogP contribution in [0.2, 0.25) is 0 Å². The zero-order chi connectivity index (χ0) is 9.61. The SMILES string of the molecule is C=CCC(C)(CC)OC(=O)C=C. The first kappa shape index (κ1) is 11.0. The number of hydrogen-bond acceptors (Lipinski definition) is 2. The van der Waals surface area contributed by atoms with Gasteiger partial charge in [0.25, 0.3) is 0 Å². The molecule has 0 N–H and O–H groups in total. The van der Waals surface area contributed by atoms with Crippen LogP contribution >= 0.6 is 0 Å². The van der Waals surface area contributed by atoms with Crippen LogP contribution < -0.4 is 0 Å². The van der Waals surface area contributed by atoms with Gasteiger partial charge in [-0.2, -0.15) is 0 Å². The summed E-state index contributed by atoms with van der Waals surface area (Å²) in [5.74, 6) is -0.374. The molecular formula is C10H16O2. The molecule has 0 aliphatic heterocycles. The molecule has 0 bridgehead atoms. The van der Waals surface area contributed by atoms with Crippen LogP contribution in [0.25, 0.3) is 0 Å². The fourth-order valence-electron chi connectivity index (χ4n) is 0.848. The fraction of sp³-hybridized carbons (Fsp3) is 0.500. The highest BCUT2D eigenvalue weighted by Gasteiger charge is 2.23. The summed E-state index contributed by atoms with van der Waals surface area (Å²) < 4.78 is 5.15. The Balaban J connectivity index is 4.21. The van der Waals surface area contributed by atoms with Crippen LogP contribution in [0.4, 0.5) is 0 Å². The standard InChI is InChI=1S/C10H16O2/c1-5-8-10(4,7-3)12-9(11)6-2/h5-6H,1-2,7-8H2,3-4H3. The van der Waals surface area contributed by atoms with E-state index in [1.807, 2.05) is 13.8 Å². The van der Waals surface area contributed by atoms with Gasteiger partial charge in [-0.25, -0.2) is 4.79 Å². The minimum atomic E-state index is -0.424. The Labute approximate surface area is 73.9 Å². The fourth-order valence-corrected chi connectivity index (χ4v) is 0.848. The molecule has 0 aliphatic rings. The van der Waals surface area contributed by atoms with Crippen LogP contribution in [-0.2, 0) is 9.53 Å². The van der Waals surface area contributed by atoms with E-state index in [-0.39, 0.29) is 5.97 Å². The van der Waals surface area contributed by atoms with Gasteiger partial charge >= 0.3 is 5.97 Å². The molecule has 0 aromatic rings. The molecule has 0 saturated carbocycles. The Morgan fingerprint density at radius 3 is 2.50 bits per heavy atom. The topological polar surface area (TPSA) is 26.3 Å². The number of esters is 1. The van der Waals surface area contributed by atoms with E-state index < -0.39 is 5.60 Å². The molecule has 68 valence electrons. The van der Waals surface area contributed by atoms with Gasteiger partial charge in [-0.15, -0.1) is 6.58 Å². The third-order valence-corrected chi connectivity index (χ3v) is 1.84. The molecule has 0 spiro atoms. The van der Waals surface area contributed by atoms with Crippen molar-refractivity contribution in [3.05, 3.63) is 25.3 Å². The minimum absolute atomic E-state index is 0.374. The zero-order valence-electron chi connectivity index (χ0n) is 7.80. The molecular weight excluding hydrogens is 152 g/mol. The van der Waals surface area contributed by atoms with E-state index in [0.29, 0.717) is 6.42 Å². The third kappa shape index (κ3) is 3.37. The lowest BCUT2D eigenvalue weighted by atomic mass is 9.99. The van der Waals surface area contributed by atoms with Crippen molar-refractivity contribution < 1.29 is 9.53 Å². The number of ether oxygens (including phenoxy) is 1. The lowest BCUT2D eigenvalue weighted by Crippen LogP contribution is -2.29. The number of rotatable bonds is 5. The van der Waals surface area contributed by atoms with Crippen molar-refractivity contribution in [1.82, 2.24) is 0 Å². The van der Waals surface area contributed by atoms with Crippen LogP contribution in [0.1, 0.15) is 26.7 Å². The molecule has 0 fully saturated rings. The van der Waals surface area contributed by atoms with Crippen molar-refractivity contribution in [3.63, 3.8) is 0 Å². The second kappa shape index (κ2) is 4.75. The number of carbonyl (C=O) groups excluding carboxylic acids is 1. The molecule has 0 aromatic heterocycles. The van der Waals surface area contributed by atoms with E-state index >= 15 is 0 Å². The summed E-state index contributed by atoms with van der Waals surface area (Å²) in [7, 11) is 0. The molecule has 0 heterocycles. The molecule has 1 unspecified atom stereocenters. The highest BCUT2D eigenvalue weighted by Crippen LogP contribution is 2.20. The van der Waals surface area contributed by atoms with Gasteiger partial charge in [0, 0.05) is 12.5 Å². The lowest BCUT2D eigenvalue weighted by Gasteiger charge is -2.26. The van der Waals surface area contributed by atoms with Crippen molar-refractivity contribution in [2.75, 3.05) is 0 Å². The Morgan fingerprint density at radius 1 is 1.58 bits per heavy atom. The number of hydrogen-bond donors (Lipinski definition) is 0. The summed E-state index contributed by atoms with van der Waals surface area (Å²) in [4.78, 5) is 10.9. The van der Waals surface area contributed by atoms with Crippen LogP contribution in [0, 0.1) is 0 Å². The molecule has 0 aliphatic carbocycles. The average Bonchev–Trinajstić information content (AvgIpc) is 2.05. The molecule has 2 heteroatoms. The average molecular weight is 168 g/mol. The van der Waals surface area contributed by atoms with Gasteiger partial charge in [0.15, 0.2) is 0 Å². The molecule has 2 nitrogen and oxygen atoms in total. The van der Waals surface area contributed by atoms with Crippen molar-refractivity contribution in [2.45, 2.75) is 32.3 Å².